The molecule has 7 nitrogen and oxygen atoms in total. The Balaban J connectivity index is 0.00000341. The molecule has 1 heterocycles. The van der Waals surface area contributed by atoms with Crippen LogP contribution in [0.25, 0.3) is 0 Å². The number of nitro benzene ring substituents is 1. The van der Waals surface area contributed by atoms with Gasteiger partial charge in [0.2, 0.25) is 0 Å². The number of nitrogens with zero attached hydrogens (tertiary/aromatic N) is 5. The third-order valence-electron chi connectivity index (χ3n) is 4.48. The van der Waals surface area contributed by atoms with Gasteiger partial charge in [-0.3, -0.25) is 10.1 Å². The Morgan fingerprint density at radius 2 is 1.65 bits per heavy atom. The number of anilines is 1. The van der Waals surface area contributed by atoms with Crippen LogP contribution in [0.4, 0.5) is 22.7 Å². The molecule has 0 radical (unpaired) electrons. The number of hydrogen-bond acceptors (Lipinski definition) is 5. The molecule has 3 rings (SSSR count). The molecule has 31 heavy (non-hydrogen) atoms. The van der Waals surface area contributed by atoms with Gasteiger partial charge in [0.25, 0.3) is 5.69 Å². The molecule has 0 unspecified atom stereocenters. The van der Waals surface area contributed by atoms with Gasteiger partial charge in [-0.05, 0) is 31.2 Å². The Morgan fingerprint density at radius 3 is 2.19 bits per heavy atom. The van der Waals surface area contributed by atoms with Crippen molar-refractivity contribution in [2.75, 3.05) is 18.0 Å². The Hall–Kier alpha value is -2.74. The van der Waals surface area contributed by atoms with Crippen LogP contribution >= 0.6 is 23.2 Å². The molecule has 1 aromatic heterocycles. The normalized spacial score (nSPS) is 10.7. The van der Waals surface area contributed by atoms with Crippen LogP contribution in [0.2, 0.25) is 10.0 Å². The lowest BCUT2D eigenvalue weighted by Gasteiger charge is -2.21. The summed E-state index contributed by atoms with van der Waals surface area (Å²) in [6, 6.07) is 16.1. The van der Waals surface area contributed by atoms with E-state index in [1.807, 2.05) is 54.9 Å². The van der Waals surface area contributed by atoms with Crippen LogP contribution in [-0.4, -0.2) is 18.0 Å². The summed E-state index contributed by atoms with van der Waals surface area (Å²) < 4.78 is 2.14. The first-order chi connectivity index (χ1) is 14.5. The SMILES string of the molecule is CCN(CC[n+]1ccccc1)c1ccc(N=Nc2c(Cl)cc([N+](=O)[O-])cc2Cl)cc1.[Cl-]. The number of halogens is 3. The van der Waals surface area contributed by atoms with Gasteiger partial charge in [-0.2, -0.15) is 5.11 Å². The summed E-state index contributed by atoms with van der Waals surface area (Å²) in [7, 11) is 0. The van der Waals surface area contributed by atoms with Crippen molar-refractivity contribution in [3.8, 4) is 0 Å². The second kappa shape index (κ2) is 11.6. The van der Waals surface area contributed by atoms with Crippen molar-refractivity contribution in [1.29, 1.82) is 0 Å². The minimum atomic E-state index is -0.562. The van der Waals surface area contributed by atoms with Crippen molar-refractivity contribution >= 4 is 46.0 Å². The molecule has 0 fully saturated rings. The van der Waals surface area contributed by atoms with Crippen LogP contribution < -0.4 is 21.9 Å². The Kier molecular flexibility index (Phi) is 9.18. The van der Waals surface area contributed by atoms with E-state index in [0.717, 1.165) is 25.3 Å². The van der Waals surface area contributed by atoms with Gasteiger partial charge in [0.05, 0.1) is 27.2 Å². The van der Waals surface area contributed by atoms with E-state index in [1.165, 1.54) is 12.1 Å². The van der Waals surface area contributed by atoms with Gasteiger partial charge in [0.1, 0.15) is 5.69 Å². The van der Waals surface area contributed by atoms with E-state index in [4.69, 9.17) is 23.2 Å². The van der Waals surface area contributed by atoms with Crippen LogP contribution in [0, 0.1) is 10.1 Å². The second-order valence-electron chi connectivity index (χ2n) is 6.42. The summed E-state index contributed by atoms with van der Waals surface area (Å²) in [5.41, 5.74) is 1.71. The van der Waals surface area contributed by atoms with E-state index in [2.05, 4.69) is 26.6 Å². The average molecular weight is 481 g/mol. The van der Waals surface area contributed by atoms with Crippen molar-refractivity contribution in [3.05, 3.63) is 87.2 Å². The fourth-order valence-corrected chi connectivity index (χ4v) is 3.43. The predicted molar refractivity (Wildman–Crippen MR) is 118 cm³/mol. The fourth-order valence-electron chi connectivity index (χ4n) is 2.88. The molecule has 0 saturated heterocycles. The topological polar surface area (TPSA) is 75.0 Å². The molecule has 0 amide bonds. The molecule has 0 spiro atoms. The highest BCUT2D eigenvalue weighted by Crippen LogP contribution is 2.37. The second-order valence-corrected chi connectivity index (χ2v) is 7.24. The molecule has 162 valence electrons. The first kappa shape index (κ1) is 24.5. The molecular formula is C21H20Cl3N5O2. The fraction of sp³-hybridized carbons (Fsp3) is 0.190. The highest BCUT2D eigenvalue weighted by Gasteiger charge is 2.14. The minimum absolute atomic E-state index is 0. The highest BCUT2D eigenvalue weighted by molar-refractivity contribution is 6.39. The van der Waals surface area contributed by atoms with Crippen molar-refractivity contribution in [1.82, 2.24) is 0 Å². The van der Waals surface area contributed by atoms with E-state index < -0.39 is 4.92 Å². The molecule has 2 aromatic carbocycles. The Bertz CT molecular complexity index is 1020. The maximum Gasteiger partial charge on any atom is 0.272 e. The molecule has 0 aliphatic rings. The lowest BCUT2D eigenvalue weighted by molar-refractivity contribution is -0.694. The number of nitro groups is 1. The van der Waals surface area contributed by atoms with E-state index in [1.54, 1.807) is 0 Å². The summed E-state index contributed by atoms with van der Waals surface area (Å²) in [6.07, 6.45) is 4.09. The maximum atomic E-state index is 10.9. The predicted octanol–water partition coefficient (Wildman–Crippen LogP) is 3.14. The largest absolute Gasteiger partial charge is 1.00 e. The van der Waals surface area contributed by atoms with Gasteiger partial charge >= 0.3 is 0 Å². The van der Waals surface area contributed by atoms with E-state index in [0.29, 0.717) is 5.69 Å². The van der Waals surface area contributed by atoms with Gasteiger partial charge in [0, 0.05) is 36.5 Å². The third-order valence-corrected chi connectivity index (χ3v) is 5.06. The summed E-state index contributed by atoms with van der Waals surface area (Å²) >= 11 is 12.1. The van der Waals surface area contributed by atoms with Crippen LogP contribution in [0.1, 0.15) is 6.92 Å². The third kappa shape index (κ3) is 6.62. The maximum absolute atomic E-state index is 10.9. The van der Waals surface area contributed by atoms with Crippen LogP contribution in [0.5, 0.6) is 0 Å². The quantitative estimate of drug-likeness (QED) is 0.215. The summed E-state index contributed by atoms with van der Waals surface area (Å²) in [6.45, 7) is 4.75. The van der Waals surface area contributed by atoms with E-state index >= 15 is 0 Å². The van der Waals surface area contributed by atoms with Crippen molar-refractivity contribution in [2.45, 2.75) is 13.5 Å². The summed E-state index contributed by atoms with van der Waals surface area (Å²) in [5, 5.41) is 19.2. The zero-order valence-electron chi connectivity index (χ0n) is 16.7. The molecule has 10 heteroatoms. The first-order valence-corrected chi connectivity index (χ1v) is 10.1. The number of hydrogen-bond donors (Lipinski definition) is 0. The van der Waals surface area contributed by atoms with Gasteiger partial charge in [0.15, 0.2) is 18.9 Å². The lowest BCUT2D eigenvalue weighted by Crippen LogP contribution is -3.00. The Morgan fingerprint density at radius 1 is 1.03 bits per heavy atom. The molecule has 3 aromatic rings. The number of non-ortho nitro benzene ring substituents is 1. The van der Waals surface area contributed by atoms with Gasteiger partial charge in [-0.15, -0.1) is 5.11 Å². The van der Waals surface area contributed by atoms with Crippen molar-refractivity contribution in [3.63, 3.8) is 0 Å². The number of aromatic nitrogens is 1. The van der Waals surface area contributed by atoms with Crippen molar-refractivity contribution < 1.29 is 21.9 Å². The summed E-state index contributed by atoms with van der Waals surface area (Å²) in [5.74, 6) is 0. The number of pyridine rings is 1. The number of likely N-dealkylation sites (N-methyl/N-ethyl adjacent to an activating group) is 1. The van der Waals surface area contributed by atoms with Crippen molar-refractivity contribution in [2.24, 2.45) is 10.2 Å². The first-order valence-electron chi connectivity index (χ1n) is 9.32. The monoisotopic (exact) mass is 479 g/mol. The number of azo groups is 1. The molecule has 0 aliphatic heterocycles. The lowest BCUT2D eigenvalue weighted by atomic mass is 10.2. The highest BCUT2D eigenvalue weighted by atomic mass is 35.5. The Labute approximate surface area is 196 Å². The standard InChI is InChI=1S/C21H20Cl2N5O2.ClH/c1-2-27(13-12-26-10-4-3-5-11-26)17-8-6-16(7-9-17)24-25-21-19(22)14-18(28(29)30)15-20(21)23;/h3-11,14-15H,2,12-13H2,1H3;1H/q+1;/p-1. The van der Waals surface area contributed by atoms with E-state index in [-0.39, 0.29) is 33.8 Å². The molecule has 0 aliphatic carbocycles. The average Bonchev–Trinajstić information content (AvgIpc) is 2.75. The molecule has 0 bridgehead atoms. The van der Waals surface area contributed by atoms with Gasteiger partial charge in [-0.25, -0.2) is 4.57 Å². The molecule has 0 saturated carbocycles. The van der Waals surface area contributed by atoms with Crippen LogP contribution in [-0.2, 0) is 6.54 Å². The number of benzene rings is 2. The summed E-state index contributed by atoms with van der Waals surface area (Å²) in [4.78, 5) is 12.6. The minimum Gasteiger partial charge on any atom is -1.00 e. The van der Waals surface area contributed by atoms with Gasteiger partial charge in [-0.1, -0.05) is 29.3 Å². The molecule has 0 N–H and O–H groups in total. The zero-order chi connectivity index (χ0) is 21.5. The smallest absolute Gasteiger partial charge is 0.272 e. The van der Waals surface area contributed by atoms with Crippen LogP contribution in [0.3, 0.4) is 0 Å². The van der Waals surface area contributed by atoms with Gasteiger partial charge < -0.3 is 17.3 Å². The van der Waals surface area contributed by atoms with E-state index in [9.17, 15) is 10.1 Å². The number of rotatable bonds is 8. The molecular weight excluding hydrogens is 461 g/mol. The molecule has 0 atom stereocenters. The zero-order valence-corrected chi connectivity index (χ0v) is 18.9. The van der Waals surface area contributed by atoms with Crippen LogP contribution in [0.15, 0.2) is 77.2 Å².